The first-order valence-electron chi connectivity index (χ1n) is 35.3. The molecule has 2 aliphatic rings. The van der Waals surface area contributed by atoms with E-state index in [2.05, 4.69) is 80.5 Å². The van der Waals surface area contributed by atoms with Crippen LogP contribution in [0.3, 0.4) is 0 Å². The molecule has 5 atom stereocenters. The van der Waals surface area contributed by atoms with Crippen LogP contribution >= 0.6 is 0 Å². The number of nitrogens with zero attached hydrogens (tertiary/aromatic N) is 2. The van der Waals surface area contributed by atoms with Crippen molar-refractivity contribution in [3.63, 3.8) is 0 Å². The molecule has 2 heterocycles. The molecule has 2 saturated heterocycles. The normalized spacial score (nSPS) is 16.2. The monoisotopic (exact) mass is 1210 g/mol. The Bertz CT molecular complexity index is 1560. The van der Waals surface area contributed by atoms with Gasteiger partial charge in [-0.25, -0.2) is 0 Å². The first kappa shape index (κ1) is 91.1. The average molecular weight is 1210 g/mol. The van der Waals surface area contributed by atoms with Crippen molar-refractivity contribution in [2.24, 2.45) is 17.8 Å². The lowest BCUT2D eigenvalue weighted by Gasteiger charge is -2.25. The second kappa shape index (κ2) is 72.1. The summed E-state index contributed by atoms with van der Waals surface area (Å²) in [6.45, 7) is 34.6. The topological polar surface area (TPSA) is 127 Å². The number of hydrogen-bond acceptors (Lipinski definition) is 9. The van der Waals surface area contributed by atoms with E-state index in [-0.39, 0.29) is 55.4 Å². The predicted octanol–water partition coefficient (Wildman–Crippen LogP) is 21.7. The summed E-state index contributed by atoms with van der Waals surface area (Å²) in [5.41, 5.74) is 0. The van der Waals surface area contributed by atoms with Gasteiger partial charge in [0.15, 0.2) is 11.6 Å². The van der Waals surface area contributed by atoms with Crippen LogP contribution in [0.2, 0.25) is 0 Å². The van der Waals surface area contributed by atoms with Crippen LogP contribution in [0.15, 0.2) is 49.3 Å². The third-order valence-electron chi connectivity index (χ3n) is 16.6. The third kappa shape index (κ3) is 59.3. The van der Waals surface area contributed by atoms with Gasteiger partial charge in [0.2, 0.25) is 5.91 Å². The maximum Gasteiger partial charge on any atom is 0.306 e. The molecule has 2 fully saturated rings. The molecule has 0 radical (unpaired) electrons. The van der Waals surface area contributed by atoms with Gasteiger partial charge < -0.3 is 28.9 Å². The van der Waals surface area contributed by atoms with E-state index in [1.165, 1.54) is 173 Å². The molecule has 0 saturated carbocycles. The molecule has 10 nitrogen and oxygen atoms in total. The van der Waals surface area contributed by atoms with E-state index in [9.17, 15) is 19.2 Å². The van der Waals surface area contributed by atoms with Crippen molar-refractivity contribution in [3.8, 4) is 0 Å². The number of unbranched alkanes of at least 4 members (excludes halogenated alkanes) is 25. The van der Waals surface area contributed by atoms with E-state index in [0.717, 1.165) is 96.1 Å². The second-order valence-electron chi connectivity index (χ2n) is 24.3. The van der Waals surface area contributed by atoms with Crippen molar-refractivity contribution < 1.29 is 38.2 Å². The van der Waals surface area contributed by atoms with E-state index in [1.807, 2.05) is 43.6 Å². The van der Waals surface area contributed by atoms with Crippen molar-refractivity contribution in [3.05, 3.63) is 49.3 Å². The summed E-state index contributed by atoms with van der Waals surface area (Å²) in [6.07, 6.45) is 57.8. The lowest BCUT2D eigenvalue weighted by Crippen LogP contribution is -2.37. The Hall–Kier alpha value is -3.66. The Morgan fingerprint density at radius 1 is 0.570 bits per heavy atom. The molecule has 86 heavy (non-hydrogen) atoms. The van der Waals surface area contributed by atoms with Gasteiger partial charge in [-0.15, -0.1) is 6.58 Å². The number of hydrogen-bond donors (Lipinski definition) is 0. The second-order valence-corrected chi connectivity index (χ2v) is 24.3. The molecule has 3 unspecified atom stereocenters. The number of amides is 1. The van der Waals surface area contributed by atoms with Crippen LogP contribution in [0.25, 0.3) is 0 Å². The number of carbonyl (C=O) groups excluding carboxylic acids is 6. The minimum atomic E-state index is -0.255. The summed E-state index contributed by atoms with van der Waals surface area (Å²) < 4.78 is 11.8. The maximum atomic E-state index is 13.2. The molecule has 0 N–H and O–H groups in total. The summed E-state index contributed by atoms with van der Waals surface area (Å²) in [7, 11) is 2.16. The van der Waals surface area contributed by atoms with Crippen molar-refractivity contribution in [1.82, 2.24) is 9.80 Å². The molecule has 0 bridgehead atoms. The predicted molar refractivity (Wildman–Crippen MR) is 373 cm³/mol. The number of ketones is 2. The van der Waals surface area contributed by atoms with Crippen molar-refractivity contribution in [1.29, 1.82) is 0 Å². The van der Waals surface area contributed by atoms with Crippen molar-refractivity contribution in [2.45, 2.75) is 352 Å². The molecule has 2 aliphatic heterocycles. The zero-order valence-corrected chi connectivity index (χ0v) is 57.8. The van der Waals surface area contributed by atoms with Gasteiger partial charge in [-0.05, 0) is 121 Å². The van der Waals surface area contributed by atoms with Gasteiger partial charge in [0.1, 0.15) is 19.7 Å². The van der Waals surface area contributed by atoms with Crippen LogP contribution in [0.1, 0.15) is 339 Å². The van der Waals surface area contributed by atoms with Gasteiger partial charge in [-0.2, -0.15) is 0 Å². The summed E-state index contributed by atoms with van der Waals surface area (Å²) >= 11 is 0. The molecular weight excluding hydrogens is 1070 g/mol. The van der Waals surface area contributed by atoms with Gasteiger partial charge in [0.05, 0.1) is 18.9 Å². The fourth-order valence-electron chi connectivity index (χ4n) is 11.0. The minimum absolute atomic E-state index is 0. The SMILES string of the molecule is C.C=CC(=O)CC(CC)C/C(=C/C)OCCCCCCCC.C=CCCC(CC(=O)/C=C\CCCCCCCC)CC(=O)O[C@@H]1C[C@@H](CC)N(C(=O)CC2CCCN(C)CC2)C1.C=O.C=O.CCCCCCCCC.CCCCCCCCCCC. The molecule has 506 valence electrons. The van der Waals surface area contributed by atoms with Gasteiger partial charge in [-0.1, -0.05) is 255 Å². The van der Waals surface area contributed by atoms with E-state index in [4.69, 9.17) is 19.1 Å². The smallest absolute Gasteiger partial charge is 0.306 e. The molecule has 0 spiro atoms. The molecule has 1 amide bonds. The Morgan fingerprint density at radius 2 is 1.05 bits per heavy atom. The number of likely N-dealkylation sites (tertiary alicyclic amines) is 2. The minimum Gasteiger partial charge on any atom is -0.498 e. The summed E-state index contributed by atoms with van der Waals surface area (Å²) in [6, 6.07) is 0.133. The number of allylic oxidation sites excluding steroid dienone is 6. The highest BCUT2D eigenvalue weighted by molar-refractivity contribution is 5.90. The van der Waals surface area contributed by atoms with Gasteiger partial charge in [0, 0.05) is 44.6 Å². The lowest BCUT2D eigenvalue weighted by molar-refractivity contribution is -0.150. The van der Waals surface area contributed by atoms with Crippen LogP contribution in [0.5, 0.6) is 0 Å². The van der Waals surface area contributed by atoms with Crippen LogP contribution < -0.4 is 0 Å². The Balaban J connectivity index is -0.000000394. The first-order chi connectivity index (χ1) is 41.4. The number of rotatable bonds is 47. The highest BCUT2D eigenvalue weighted by atomic mass is 16.5. The molecule has 0 aromatic carbocycles. The lowest BCUT2D eigenvalue weighted by atomic mass is 9.93. The van der Waals surface area contributed by atoms with Crippen LogP contribution in [0, 0.1) is 17.8 Å². The van der Waals surface area contributed by atoms with E-state index < -0.39 is 0 Å². The van der Waals surface area contributed by atoms with E-state index in [0.29, 0.717) is 44.1 Å². The van der Waals surface area contributed by atoms with Crippen LogP contribution in [-0.2, 0) is 38.2 Å². The molecule has 0 aromatic heterocycles. The summed E-state index contributed by atoms with van der Waals surface area (Å²) in [5, 5.41) is 0. The van der Waals surface area contributed by atoms with E-state index >= 15 is 0 Å². The molecular formula is C76H144N2O8. The third-order valence-corrected chi connectivity index (χ3v) is 16.6. The Labute approximate surface area is 534 Å². The zero-order valence-electron chi connectivity index (χ0n) is 57.8. The molecule has 10 heteroatoms. The first-order valence-corrected chi connectivity index (χ1v) is 35.3. The standard InChI is InChI=1S/C34H58N2O4.C19H34O2.C11H24.C9H20.2CH2O.CH4/c1-5-8-10-11-12-13-14-15-19-31(37)23-29(17-9-6-2)25-34(39)40-32-26-30(7-3)36(27-32)33(38)24-28-18-16-21-35(4)22-20-28;1-5-9-10-11-12-13-14-21-19(8-4)16-17(6-2)15-18(20)7-3;1-3-5-7-9-11-10-8-6-4-2;1-3-5-7-9-8-6-4-2;2*1-2;/h6,15,19,28-30,32H,2,5,7-14,16-18,20-27H2,1,3-4H3;7-8,17H,3,5-6,9-16H2,1-2,4H3;3-11H2,1-2H3;3-9H2,1-2H3;2*1H2;1H4/b19-15-;19-8-;;;;;/t28?,29?,30-,32-;;;;;;/m1....../s1. The van der Waals surface area contributed by atoms with Crippen molar-refractivity contribution in [2.75, 3.05) is 33.3 Å². The highest BCUT2D eigenvalue weighted by Crippen LogP contribution is 2.29. The molecule has 2 rings (SSSR count). The molecule has 0 aromatic rings. The van der Waals surface area contributed by atoms with Crippen molar-refractivity contribution >= 4 is 37.0 Å². The van der Waals surface area contributed by atoms with Crippen LogP contribution in [0.4, 0.5) is 0 Å². The summed E-state index contributed by atoms with van der Waals surface area (Å²) in [4.78, 5) is 70.6. The quantitative estimate of drug-likeness (QED) is 0.0192. The number of carbonyl (C=O) groups is 6. The highest BCUT2D eigenvalue weighted by Gasteiger charge is 2.37. The van der Waals surface area contributed by atoms with Gasteiger partial charge in [0.25, 0.3) is 0 Å². The number of esters is 1. The fourth-order valence-corrected chi connectivity index (χ4v) is 11.0. The zero-order chi connectivity index (χ0) is 64.4. The van der Waals surface area contributed by atoms with Crippen LogP contribution in [-0.4, -0.2) is 92.3 Å². The number of ether oxygens (including phenoxy) is 2. The molecule has 0 aliphatic carbocycles. The largest absolute Gasteiger partial charge is 0.498 e. The van der Waals surface area contributed by atoms with E-state index in [1.54, 1.807) is 6.08 Å². The van der Waals surface area contributed by atoms with Gasteiger partial charge in [-0.3, -0.25) is 19.2 Å². The average Bonchev–Trinajstić information content (AvgIpc) is 4.02. The fraction of sp³-hybridized carbons (Fsp3) is 0.816. The summed E-state index contributed by atoms with van der Waals surface area (Å²) in [5.74, 6) is 1.97. The maximum absolute atomic E-state index is 13.2. The van der Waals surface area contributed by atoms with Gasteiger partial charge >= 0.3 is 5.97 Å². The Kier molecular flexibility index (Phi) is 76.3. The Morgan fingerprint density at radius 3 is 1.50 bits per heavy atom.